The fourth-order valence-electron chi connectivity index (χ4n) is 5.29. The van der Waals surface area contributed by atoms with Crippen LogP contribution in [0.1, 0.15) is 38.4 Å². The Labute approximate surface area is 262 Å². The van der Waals surface area contributed by atoms with Gasteiger partial charge in [-0.1, -0.05) is 45.0 Å². The molecule has 3 amide bonds. The van der Waals surface area contributed by atoms with Crippen LogP contribution in [-0.2, 0) is 16.7 Å². The molecule has 0 radical (unpaired) electrons. The molecule has 1 atom stereocenters. The van der Waals surface area contributed by atoms with Gasteiger partial charge in [0.25, 0.3) is 0 Å². The van der Waals surface area contributed by atoms with Crippen LogP contribution < -0.4 is 25.4 Å². The summed E-state index contributed by atoms with van der Waals surface area (Å²) in [6.45, 7) is 8.20. The molecule has 1 fully saturated rings. The standard InChI is InChI=1S/C34H39N5O6/c1-34(2,3)21-16-28(31(43-4)29(17-21)38-33(42)44-5)37-32(41)36-27-10-11-30(26-9-7-6-8-25(26)27)45-24-12-14-35-22(18-24)19-39-15-13-23(40)20-39/h6-12,14,16-18,23,40H,13,15,19-20H2,1-5H3,(H,38,42)(H2,36,37,41)/t23-/m1/s1. The first kappa shape index (κ1) is 31.6. The molecule has 0 saturated carbocycles. The van der Waals surface area contributed by atoms with Gasteiger partial charge >= 0.3 is 12.1 Å². The number of ether oxygens (including phenoxy) is 3. The fraction of sp³-hybridized carbons (Fsp3) is 0.324. The van der Waals surface area contributed by atoms with Gasteiger partial charge < -0.3 is 30.0 Å². The van der Waals surface area contributed by atoms with Crippen molar-refractivity contribution >= 4 is 40.0 Å². The Morgan fingerprint density at radius 3 is 2.33 bits per heavy atom. The van der Waals surface area contributed by atoms with Crippen molar-refractivity contribution < 1.29 is 28.9 Å². The number of hydrogen-bond donors (Lipinski definition) is 4. The van der Waals surface area contributed by atoms with Crippen LogP contribution in [0, 0.1) is 0 Å². The predicted octanol–water partition coefficient (Wildman–Crippen LogP) is 6.72. The Bertz CT molecular complexity index is 1700. The number of fused-ring (bicyclic) bond motifs is 1. The summed E-state index contributed by atoms with van der Waals surface area (Å²) in [6, 6.07) is 18.1. The molecule has 0 spiro atoms. The number of amides is 3. The minimum Gasteiger partial charge on any atom is -0.492 e. The van der Waals surface area contributed by atoms with Crippen molar-refractivity contribution in [1.29, 1.82) is 0 Å². The second-order valence-electron chi connectivity index (χ2n) is 12.0. The molecule has 1 aromatic heterocycles. The van der Waals surface area contributed by atoms with Gasteiger partial charge in [0, 0.05) is 42.7 Å². The number of rotatable bonds is 8. The highest BCUT2D eigenvalue weighted by Gasteiger charge is 2.23. The zero-order valence-corrected chi connectivity index (χ0v) is 26.1. The Morgan fingerprint density at radius 2 is 1.67 bits per heavy atom. The minimum absolute atomic E-state index is 0.287. The lowest BCUT2D eigenvalue weighted by molar-refractivity contribution is 0.174. The smallest absolute Gasteiger partial charge is 0.411 e. The van der Waals surface area contributed by atoms with Crippen molar-refractivity contribution in [2.45, 2.75) is 45.3 Å². The van der Waals surface area contributed by atoms with Gasteiger partial charge in [-0.05, 0) is 47.7 Å². The number of benzene rings is 3. The van der Waals surface area contributed by atoms with Gasteiger partial charge in [-0.2, -0.15) is 0 Å². The maximum absolute atomic E-state index is 13.4. The van der Waals surface area contributed by atoms with Gasteiger partial charge in [-0.15, -0.1) is 0 Å². The van der Waals surface area contributed by atoms with E-state index in [0.717, 1.165) is 35.0 Å². The van der Waals surface area contributed by atoms with Gasteiger partial charge in [0.2, 0.25) is 0 Å². The lowest BCUT2D eigenvalue weighted by atomic mass is 9.86. The molecule has 11 heteroatoms. The summed E-state index contributed by atoms with van der Waals surface area (Å²) in [5.41, 5.74) is 2.78. The van der Waals surface area contributed by atoms with Gasteiger partial charge in [0.1, 0.15) is 11.5 Å². The first-order chi connectivity index (χ1) is 21.5. The number of aliphatic hydroxyl groups is 1. The molecule has 0 unspecified atom stereocenters. The lowest BCUT2D eigenvalue weighted by Gasteiger charge is -2.24. The quantitative estimate of drug-likeness (QED) is 0.172. The van der Waals surface area contributed by atoms with Crippen LogP contribution in [0.3, 0.4) is 0 Å². The molecular formula is C34H39N5O6. The van der Waals surface area contributed by atoms with Crippen LogP contribution >= 0.6 is 0 Å². The number of pyridine rings is 1. The highest BCUT2D eigenvalue weighted by atomic mass is 16.5. The number of likely N-dealkylation sites (tertiary alicyclic amines) is 1. The summed E-state index contributed by atoms with van der Waals surface area (Å²) in [5, 5.41) is 20.0. The Morgan fingerprint density at radius 1 is 0.956 bits per heavy atom. The van der Waals surface area contributed by atoms with Crippen molar-refractivity contribution in [3.05, 3.63) is 78.1 Å². The normalized spacial score (nSPS) is 15.0. The van der Waals surface area contributed by atoms with Gasteiger partial charge in [0.15, 0.2) is 5.75 Å². The summed E-state index contributed by atoms with van der Waals surface area (Å²) in [4.78, 5) is 32.1. The number of β-amino-alcohol motifs (C(OH)–C–C–N with tert-alkyl or cyclic N) is 1. The van der Waals surface area contributed by atoms with Crippen molar-refractivity contribution in [2.75, 3.05) is 43.3 Å². The highest BCUT2D eigenvalue weighted by molar-refractivity contribution is 6.08. The molecule has 45 heavy (non-hydrogen) atoms. The summed E-state index contributed by atoms with van der Waals surface area (Å²) in [7, 11) is 2.74. The van der Waals surface area contributed by atoms with Crippen LogP contribution in [0.4, 0.5) is 26.7 Å². The van der Waals surface area contributed by atoms with Crippen molar-refractivity contribution in [2.24, 2.45) is 0 Å². The van der Waals surface area contributed by atoms with E-state index in [-0.39, 0.29) is 17.3 Å². The highest BCUT2D eigenvalue weighted by Crippen LogP contribution is 2.39. The predicted molar refractivity (Wildman–Crippen MR) is 175 cm³/mol. The first-order valence-corrected chi connectivity index (χ1v) is 14.7. The Kier molecular flexibility index (Phi) is 9.40. The molecule has 5 rings (SSSR count). The molecule has 1 aliphatic rings. The number of nitrogens with zero attached hydrogens (tertiary/aromatic N) is 2. The lowest BCUT2D eigenvalue weighted by Crippen LogP contribution is -2.22. The van der Waals surface area contributed by atoms with E-state index in [1.807, 2.05) is 63.2 Å². The zero-order chi connectivity index (χ0) is 32.1. The first-order valence-electron chi connectivity index (χ1n) is 14.7. The minimum atomic E-state index is -0.655. The van der Waals surface area contributed by atoms with Crippen molar-refractivity contribution in [3.63, 3.8) is 0 Å². The molecular weight excluding hydrogens is 574 g/mol. The molecule has 4 aromatic rings. The average molecular weight is 614 g/mol. The van der Waals surface area contributed by atoms with E-state index in [2.05, 4.69) is 25.8 Å². The third-order valence-corrected chi connectivity index (χ3v) is 7.61. The molecule has 3 aromatic carbocycles. The molecule has 4 N–H and O–H groups in total. The monoisotopic (exact) mass is 613 g/mol. The van der Waals surface area contributed by atoms with E-state index in [0.29, 0.717) is 41.7 Å². The zero-order valence-electron chi connectivity index (χ0n) is 26.1. The Balaban J connectivity index is 1.37. The molecule has 1 aliphatic heterocycles. The van der Waals surface area contributed by atoms with Crippen LogP contribution in [0.25, 0.3) is 10.8 Å². The van der Waals surface area contributed by atoms with Crippen LogP contribution in [0.2, 0.25) is 0 Å². The van der Waals surface area contributed by atoms with Gasteiger partial charge in [-0.25, -0.2) is 9.59 Å². The Hall–Kier alpha value is -4.87. The number of hydrogen-bond acceptors (Lipinski definition) is 8. The number of aromatic nitrogens is 1. The molecule has 1 saturated heterocycles. The molecule has 0 bridgehead atoms. The summed E-state index contributed by atoms with van der Waals surface area (Å²) in [5.74, 6) is 1.56. The number of carbonyl (C=O) groups is 2. The molecule has 11 nitrogen and oxygen atoms in total. The largest absolute Gasteiger partial charge is 0.492 e. The average Bonchev–Trinajstić information content (AvgIpc) is 3.42. The van der Waals surface area contributed by atoms with E-state index in [1.54, 1.807) is 24.4 Å². The van der Waals surface area contributed by atoms with Crippen LogP contribution in [0.5, 0.6) is 17.2 Å². The van der Waals surface area contributed by atoms with E-state index in [4.69, 9.17) is 14.2 Å². The van der Waals surface area contributed by atoms with E-state index in [9.17, 15) is 14.7 Å². The topological polar surface area (TPSA) is 134 Å². The molecule has 236 valence electrons. The maximum atomic E-state index is 13.4. The van der Waals surface area contributed by atoms with E-state index < -0.39 is 12.1 Å². The van der Waals surface area contributed by atoms with Gasteiger partial charge in [0.05, 0.1) is 43.1 Å². The number of anilines is 3. The third kappa shape index (κ3) is 7.62. The third-order valence-electron chi connectivity index (χ3n) is 7.61. The van der Waals surface area contributed by atoms with Gasteiger partial charge in [-0.3, -0.25) is 15.2 Å². The second-order valence-corrected chi connectivity index (χ2v) is 12.0. The number of carbonyl (C=O) groups excluding carboxylic acids is 2. The summed E-state index contributed by atoms with van der Waals surface area (Å²) < 4.78 is 16.7. The summed E-state index contributed by atoms with van der Waals surface area (Å²) >= 11 is 0. The SMILES string of the molecule is COC(=O)Nc1cc(C(C)(C)C)cc(NC(=O)Nc2ccc(Oc3ccnc(CN4CC[C@@H](O)C4)c3)c3ccccc23)c1OC. The van der Waals surface area contributed by atoms with Crippen molar-refractivity contribution in [3.8, 4) is 17.2 Å². The summed E-state index contributed by atoms with van der Waals surface area (Å²) in [6.07, 6.45) is 1.54. The number of aliphatic hydroxyl groups excluding tert-OH is 1. The maximum Gasteiger partial charge on any atom is 0.411 e. The molecule has 2 heterocycles. The van der Waals surface area contributed by atoms with Crippen LogP contribution in [0.15, 0.2) is 66.9 Å². The van der Waals surface area contributed by atoms with Crippen LogP contribution in [-0.4, -0.2) is 60.5 Å². The van der Waals surface area contributed by atoms with Crippen molar-refractivity contribution in [1.82, 2.24) is 9.88 Å². The van der Waals surface area contributed by atoms with E-state index >= 15 is 0 Å². The number of methoxy groups -OCH3 is 2. The van der Waals surface area contributed by atoms with E-state index in [1.165, 1.54) is 14.2 Å². The number of nitrogens with one attached hydrogen (secondary N) is 3. The second kappa shape index (κ2) is 13.4. The number of urea groups is 1. The fourth-order valence-corrected chi connectivity index (χ4v) is 5.29. The molecule has 0 aliphatic carbocycles.